The first-order valence-electron chi connectivity index (χ1n) is 4.22. The van der Waals surface area contributed by atoms with Crippen molar-refractivity contribution < 1.29 is 5.11 Å². The van der Waals surface area contributed by atoms with Crippen LogP contribution in [0.4, 0.5) is 0 Å². The maximum Gasteiger partial charge on any atom is 0.129 e. The third-order valence-electron chi connectivity index (χ3n) is 1.85. The molecule has 0 aliphatic heterocycles. The molecule has 0 aliphatic carbocycles. The molecule has 5 heteroatoms. The maximum atomic E-state index is 8.61. The van der Waals surface area contributed by atoms with E-state index >= 15 is 0 Å². The van der Waals surface area contributed by atoms with Crippen molar-refractivity contribution in [2.75, 3.05) is 6.61 Å². The molecule has 0 radical (unpaired) electrons. The zero-order valence-corrected chi connectivity index (χ0v) is 9.26. The van der Waals surface area contributed by atoms with Crippen molar-refractivity contribution in [1.29, 1.82) is 0 Å². The number of halogens is 2. The van der Waals surface area contributed by atoms with Crippen LogP contribution in [-0.4, -0.2) is 16.7 Å². The summed E-state index contributed by atoms with van der Waals surface area (Å²) in [4.78, 5) is 3.93. The Hall–Kier alpha value is -0.350. The van der Waals surface area contributed by atoms with Gasteiger partial charge in [0, 0.05) is 18.8 Å². The molecule has 1 aromatic rings. The number of hydrogen-bond donors (Lipinski definition) is 2. The van der Waals surface area contributed by atoms with Crippen molar-refractivity contribution in [3.8, 4) is 0 Å². The number of rotatable bonds is 4. The fourth-order valence-corrected chi connectivity index (χ4v) is 1.20. The predicted molar refractivity (Wildman–Crippen MR) is 59.7 cm³/mol. The summed E-state index contributed by atoms with van der Waals surface area (Å²) in [5.74, 6) is 0. The van der Waals surface area contributed by atoms with Crippen LogP contribution in [0.25, 0.3) is 0 Å². The first-order valence-corrected chi connectivity index (χ1v) is 4.59. The minimum absolute atomic E-state index is 0. The number of aromatic nitrogens is 1. The van der Waals surface area contributed by atoms with E-state index < -0.39 is 0 Å². The van der Waals surface area contributed by atoms with E-state index in [0.29, 0.717) is 11.6 Å². The van der Waals surface area contributed by atoms with Gasteiger partial charge in [-0.1, -0.05) is 17.7 Å². The highest BCUT2D eigenvalue weighted by atomic mass is 35.5. The smallest absolute Gasteiger partial charge is 0.129 e. The molecule has 0 aromatic carbocycles. The molecule has 0 fully saturated rings. The average molecular weight is 237 g/mol. The van der Waals surface area contributed by atoms with Crippen LogP contribution in [0.15, 0.2) is 18.3 Å². The number of nitrogens with zero attached hydrogens (tertiary/aromatic N) is 1. The van der Waals surface area contributed by atoms with Gasteiger partial charge in [0.05, 0.1) is 0 Å². The summed E-state index contributed by atoms with van der Waals surface area (Å²) < 4.78 is 0. The Labute approximate surface area is 94.7 Å². The topological polar surface area (TPSA) is 59.1 Å². The van der Waals surface area contributed by atoms with Crippen molar-refractivity contribution in [2.45, 2.75) is 18.9 Å². The van der Waals surface area contributed by atoms with E-state index in [9.17, 15) is 0 Å². The Balaban J connectivity index is 0.00000169. The lowest BCUT2D eigenvalue weighted by Crippen LogP contribution is -2.10. The van der Waals surface area contributed by atoms with Crippen LogP contribution < -0.4 is 5.73 Å². The van der Waals surface area contributed by atoms with Gasteiger partial charge in [-0.15, -0.1) is 12.4 Å². The Morgan fingerprint density at radius 2 is 2.21 bits per heavy atom. The molecule has 0 aliphatic rings. The van der Waals surface area contributed by atoms with Crippen molar-refractivity contribution in [3.63, 3.8) is 0 Å². The third-order valence-corrected chi connectivity index (χ3v) is 2.08. The summed E-state index contributed by atoms with van der Waals surface area (Å²) in [6, 6.07) is 3.52. The monoisotopic (exact) mass is 236 g/mol. The van der Waals surface area contributed by atoms with Gasteiger partial charge in [-0.05, 0) is 24.5 Å². The summed E-state index contributed by atoms with van der Waals surface area (Å²) in [5, 5.41) is 9.08. The molecule has 14 heavy (non-hydrogen) atoms. The standard InChI is InChI=1S/C9H13ClN2O.ClH/c10-9-4-3-7(6-12-9)8(11)2-1-5-13;/h3-4,6,8,13H,1-2,5,11H2;1H/t8-;/m0./s1. The highest BCUT2D eigenvalue weighted by Crippen LogP contribution is 2.15. The minimum Gasteiger partial charge on any atom is -0.396 e. The molecular formula is C9H14Cl2N2O. The Kier molecular flexibility index (Phi) is 6.83. The fraction of sp³-hybridized carbons (Fsp3) is 0.444. The van der Waals surface area contributed by atoms with Gasteiger partial charge in [0.25, 0.3) is 0 Å². The third kappa shape index (κ3) is 4.24. The van der Waals surface area contributed by atoms with E-state index in [4.69, 9.17) is 22.4 Å². The van der Waals surface area contributed by atoms with Gasteiger partial charge in [-0.3, -0.25) is 0 Å². The van der Waals surface area contributed by atoms with Crippen molar-refractivity contribution >= 4 is 24.0 Å². The normalized spacial score (nSPS) is 11.9. The number of aliphatic hydroxyl groups is 1. The molecule has 1 aromatic heterocycles. The van der Waals surface area contributed by atoms with Gasteiger partial charge in [0.2, 0.25) is 0 Å². The molecule has 0 saturated heterocycles. The van der Waals surface area contributed by atoms with Gasteiger partial charge in [0.1, 0.15) is 5.15 Å². The van der Waals surface area contributed by atoms with E-state index in [1.165, 1.54) is 0 Å². The van der Waals surface area contributed by atoms with Crippen molar-refractivity contribution in [1.82, 2.24) is 4.98 Å². The Bertz CT molecular complexity index is 253. The average Bonchev–Trinajstić information content (AvgIpc) is 2.15. The second-order valence-corrected chi connectivity index (χ2v) is 3.27. The molecule has 1 heterocycles. The number of pyridine rings is 1. The second-order valence-electron chi connectivity index (χ2n) is 2.89. The summed E-state index contributed by atoms with van der Waals surface area (Å²) in [5.41, 5.74) is 6.79. The van der Waals surface area contributed by atoms with E-state index in [0.717, 1.165) is 12.0 Å². The van der Waals surface area contributed by atoms with E-state index in [-0.39, 0.29) is 25.1 Å². The Morgan fingerprint density at radius 3 is 2.71 bits per heavy atom. The highest BCUT2D eigenvalue weighted by molar-refractivity contribution is 6.29. The largest absolute Gasteiger partial charge is 0.396 e. The summed E-state index contributed by atoms with van der Waals surface area (Å²) in [6.45, 7) is 0.175. The zero-order chi connectivity index (χ0) is 9.68. The van der Waals surface area contributed by atoms with Crippen LogP contribution in [0.3, 0.4) is 0 Å². The maximum absolute atomic E-state index is 8.61. The number of hydrogen-bond acceptors (Lipinski definition) is 3. The van der Waals surface area contributed by atoms with Crippen LogP contribution in [0, 0.1) is 0 Å². The second kappa shape index (κ2) is 7.01. The van der Waals surface area contributed by atoms with Crippen LogP contribution >= 0.6 is 24.0 Å². The predicted octanol–water partition coefficient (Wildman–Crippen LogP) is 1.93. The molecule has 0 saturated carbocycles. The molecule has 80 valence electrons. The van der Waals surface area contributed by atoms with Crippen LogP contribution in [0.2, 0.25) is 5.15 Å². The van der Waals surface area contributed by atoms with Crippen LogP contribution in [0.1, 0.15) is 24.4 Å². The highest BCUT2D eigenvalue weighted by Gasteiger charge is 2.05. The first-order chi connectivity index (χ1) is 6.24. The first kappa shape index (κ1) is 13.7. The van der Waals surface area contributed by atoms with Crippen molar-refractivity contribution in [2.24, 2.45) is 5.73 Å². The lowest BCUT2D eigenvalue weighted by Gasteiger charge is -2.09. The lowest BCUT2D eigenvalue weighted by atomic mass is 10.1. The summed E-state index contributed by atoms with van der Waals surface area (Å²) >= 11 is 5.63. The quantitative estimate of drug-likeness (QED) is 0.786. The van der Waals surface area contributed by atoms with Gasteiger partial charge < -0.3 is 10.8 Å². The minimum atomic E-state index is -0.0584. The number of nitrogens with two attached hydrogens (primary N) is 1. The molecule has 1 atom stereocenters. The van der Waals surface area contributed by atoms with Crippen LogP contribution in [-0.2, 0) is 0 Å². The molecular weight excluding hydrogens is 223 g/mol. The van der Waals surface area contributed by atoms with Gasteiger partial charge in [-0.2, -0.15) is 0 Å². The van der Waals surface area contributed by atoms with Crippen molar-refractivity contribution in [3.05, 3.63) is 29.0 Å². The Morgan fingerprint density at radius 1 is 1.50 bits per heavy atom. The summed E-state index contributed by atoms with van der Waals surface area (Å²) in [7, 11) is 0. The SMILES string of the molecule is Cl.N[C@@H](CCCO)c1ccc(Cl)nc1. The molecule has 3 nitrogen and oxygen atoms in total. The molecule has 0 unspecified atom stereocenters. The summed E-state index contributed by atoms with van der Waals surface area (Å²) in [6.07, 6.45) is 3.15. The van der Waals surface area contributed by atoms with E-state index in [1.54, 1.807) is 12.3 Å². The molecule has 3 N–H and O–H groups in total. The lowest BCUT2D eigenvalue weighted by molar-refractivity contribution is 0.280. The molecule has 1 rings (SSSR count). The molecule has 0 spiro atoms. The van der Waals surface area contributed by atoms with Gasteiger partial charge >= 0.3 is 0 Å². The van der Waals surface area contributed by atoms with E-state index in [2.05, 4.69) is 4.98 Å². The van der Waals surface area contributed by atoms with Crippen LogP contribution in [0.5, 0.6) is 0 Å². The zero-order valence-electron chi connectivity index (χ0n) is 7.69. The van der Waals surface area contributed by atoms with E-state index in [1.807, 2.05) is 6.07 Å². The fourth-order valence-electron chi connectivity index (χ4n) is 1.08. The molecule has 0 bridgehead atoms. The van der Waals surface area contributed by atoms with Gasteiger partial charge in [0.15, 0.2) is 0 Å². The van der Waals surface area contributed by atoms with Gasteiger partial charge in [-0.25, -0.2) is 4.98 Å². The number of aliphatic hydroxyl groups excluding tert-OH is 1. The molecule has 0 amide bonds.